The maximum atomic E-state index is 13.3. The summed E-state index contributed by atoms with van der Waals surface area (Å²) in [5, 5.41) is 45.0. The number of aliphatic hydroxyl groups is 3. The van der Waals surface area contributed by atoms with Gasteiger partial charge < -0.3 is 35.1 Å². The summed E-state index contributed by atoms with van der Waals surface area (Å²) in [4.78, 5) is 41.9. The molecule has 11 nitrogen and oxygen atoms in total. The number of carbonyl (C=O) groups is 2. The molecule has 0 spiro atoms. The third-order valence-electron chi connectivity index (χ3n) is 10.3. The van der Waals surface area contributed by atoms with Gasteiger partial charge in [-0.25, -0.2) is 4.79 Å². The lowest BCUT2D eigenvalue weighted by Gasteiger charge is -2.25. The first kappa shape index (κ1) is 31.3. The van der Waals surface area contributed by atoms with Gasteiger partial charge in [0.15, 0.2) is 5.76 Å². The van der Waals surface area contributed by atoms with Crippen LogP contribution in [0.15, 0.2) is 18.2 Å². The van der Waals surface area contributed by atoms with Gasteiger partial charge in [0, 0.05) is 74.2 Å². The van der Waals surface area contributed by atoms with E-state index >= 15 is 0 Å². The highest BCUT2D eigenvalue weighted by atomic mass is 16.5. The van der Waals surface area contributed by atoms with Crippen LogP contribution < -0.4 is 10.4 Å². The van der Waals surface area contributed by atoms with Gasteiger partial charge in [-0.2, -0.15) is 0 Å². The maximum absolute atomic E-state index is 13.3. The largest absolute Gasteiger partial charge is 0.512 e. The molecule has 0 fully saturated rings. The Morgan fingerprint density at radius 2 is 1.54 bits per heavy atom. The van der Waals surface area contributed by atoms with Crippen molar-refractivity contribution in [1.29, 1.82) is 0 Å². The summed E-state index contributed by atoms with van der Waals surface area (Å²) in [6.45, 7) is 11.5. The first-order valence-electron chi connectivity index (χ1n) is 15.6. The first-order valence-corrected chi connectivity index (χ1v) is 15.6. The zero-order valence-corrected chi connectivity index (χ0v) is 27.1. The third kappa shape index (κ3) is 4.43. The van der Waals surface area contributed by atoms with Crippen LogP contribution in [0.5, 0.6) is 0 Å². The number of aliphatic carboxylic acids is 1. The molecule has 0 saturated heterocycles. The van der Waals surface area contributed by atoms with Crippen LogP contribution in [0.1, 0.15) is 110 Å². The van der Waals surface area contributed by atoms with Gasteiger partial charge in [-0.15, -0.1) is 0 Å². The zero-order valence-electron chi connectivity index (χ0n) is 27.1. The molecule has 3 aromatic heterocycles. The summed E-state index contributed by atoms with van der Waals surface area (Å²) in [5.74, 6) is -3.16. The van der Waals surface area contributed by atoms with E-state index in [1.54, 1.807) is 13.8 Å². The molecule has 5 heterocycles. The van der Waals surface area contributed by atoms with Crippen molar-refractivity contribution in [2.24, 2.45) is 0 Å². The van der Waals surface area contributed by atoms with Crippen molar-refractivity contribution in [1.82, 2.24) is 19.9 Å². The number of nitrogens with one attached hydrogen (secondary N) is 2. The van der Waals surface area contributed by atoms with Gasteiger partial charge in [0.2, 0.25) is 5.60 Å². The number of hydrogen-bond acceptors (Lipinski definition) is 8. The number of H-pyrrole nitrogens is 2. The van der Waals surface area contributed by atoms with E-state index in [9.17, 15) is 30.0 Å². The molecule has 3 unspecified atom stereocenters. The predicted octanol–water partition coefficient (Wildman–Crippen LogP) is 4.71. The molecule has 0 saturated carbocycles. The van der Waals surface area contributed by atoms with Crippen LogP contribution in [0, 0.1) is 13.8 Å². The number of aliphatic hydroxyl groups excluding tert-OH is 2. The number of ether oxygens (including phenoxy) is 1. The second-order valence-electron chi connectivity index (χ2n) is 12.8. The summed E-state index contributed by atoms with van der Waals surface area (Å²) in [6.07, 6.45) is 0.823. The third-order valence-corrected chi connectivity index (χ3v) is 10.3. The van der Waals surface area contributed by atoms with Gasteiger partial charge in [-0.3, -0.25) is 14.8 Å². The Morgan fingerprint density at radius 1 is 0.935 bits per heavy atom. The van der Waals surface area contributed by atoms with E-state index < -0.39 is 29.2 Å². The van der Waals surface area contributed by atoms with E-state index in [0.717, 1.165) is 30.5 Å². The minimum absolute atomic E-state index is 0.0470. The molecule has 6 rings (SSSR count). The van der Waals surface area contributed by atoms with Crippen LogP contribution in [-0.4, -0.2) is 59.4 Å². The van der Waals surface area contributed by atoms with Crippen LogP contribution in [0.3, 0.4) is 0 Å². The Bertz CT molecular complexity index is 2110. The molecule has 8 bridgehead atoms. The number of fused-ring (bicyclic) bond motifs is 8. The second-order valence-corrected chi connectivity index (χ2v) is 12.8. The van der Waals surface area contributed by atoms with Gasteiger partial charge in [0.25, 0.3) is 0 Å². The van der Waals surface area contributed by atoms with Crippen molar-refractivity contribution in [2.75, 3.05) is 7.11 Å². The number of methoxy groups -OCH3 is 1. The Balaban J connectivity index is 1.86. The van der Waals surface area contributed by atoms with Crippen LogP contribution in [0.25, 0.3) is 33.6 Å². The van der Waals surface area contributed by atoms with Crippen molar-refractivity contribution in [3.05, 3.63) is 68.1 Å². The van der Waals surface area contributed by atoms with Gasteiger partial charge >= 0.3 is 11.9 Å². The van der Waals surface area contributed by atoms with Crippen molar-refractivity contribution in [3.8, 4) is 0 Å². The number of carboxylic acid groups (broad SMARTS) is 1. The number of esters is 1. The smallest absolute Gasteiger partial charge is 0.350 e. The molecular weight excluding hydrogens is 588 g/mol. The van der Waals surface area contributed by atoms with E-state index in [4.69, 9.17) is 14.7 Å². The van der Waals surface area contributed by atoms with Crippen molar-refractivity contribution < 1.29 is 34.8 Å². The molecule has 0 amide bonds. The number of aryl methyl sites for hydroxylation is 2. The Hall–Kier alpha value is -4.64. The lowest BCUT2D eigenvalue weighted by atomic mass is 9.82. The Labute approximate surface area is 265 Å². The normalized spacial score (nSPS) is 24.3. The van der Waals surface area contributed by atoms with Gasteiger partial charge in [-0.05, 0) is 62.9 Å². The molecule has 5 atom stereocenters. The average Bonchev–Trinajstić information content (AvgIpc) is 3.72. The minimum atomic E-state index is -2.56. The molecule has 2 aliphatic heterocycles. The van der Waals surface area contributed by atoms with E-state index in [-0.39, 0.29) is 47.1 Å². The number of aromatic amines is 2. The highest BCUT2D eigenvalue weighted by Gasteiger charge is 2.53. The van der Waals surface area contributed by atoms with Crippen molar-refractivity contribution >= 4 is 45.5 Å². The fourth-order valence-corrected chi connectivity index (χ4v) is 7.68. The Morgan fingerprint density at radius 3 is 2.17 bits per heavy atom. The number of aromatic nitrogens is 4. The number of nitrogens with zero attached hydrogens (tertiary/aromatic N) is 2. The molecule has 11 heteroatoms. The second kappa shape index (κ2) is 11.0. The molecule has 0 aromatic carbocycles. The van der Waals surface area contributed by atoms with E-state index in [1.165, 1.54) is 0 Å². The van der Waals surface area contributed by atoms with Crippen LogP contribution in [-0.2, 0) is 19.9 Å². The molecule has 3 aliphatic rings. The zero-order chi connectivity index (χ0) is 33.4. The monoisotopic (exact) mass is 628 g/mol. The highest BCUT2D eigenvalue weighted by Crippen LogP contribution is 2.47. The predicted molar refractivity (Wildman–Crippen MR) is 173 cm³/mol. The summed E-state index contributed by atoms with van der Waals surface area (Å²) in [5.41, 5.74) is 3.87. The van der Waals surface area contributed by atoms with E-state index in [2.05, 4.69) is 23.8 Å². The Kier molecular flexibility index (Phi) is 7.50. The van der Waals surface area contributed by atoms with E-state index in [0.29, 0.717) is 44.2 Å². The fraction of sp³-hybridized carbons (Fsp3) is 0.429. The molecule has 6 N–H and O–H groups in total. The number of hydrogen-bond donors (Lipinski definition) is 6. The van der Waals surface area contributed by atoms with Gasteiger partial charge in [-0.1, -0.05) is 20.8 Å². The quantitative estimate of drug-likeness (QED) is 0.218. The summed E-state index contributed by atoms with van der Waals surface area (Å²) in [6, 6.07) is 5.78. The van der Waals surface area contributed by atoms with Crippen molar-refractivity contribution in [2.45, 2.75) is 90.1 Å². The van der Waals surface area contributed by atoms with Gasteiger partial charge in [0.1, 0.15) is 0 Å². The average molecular weight is 629 g/mol. The summed E-state index contributed by atoms with van der Waals surface area (Å²) >= 11 is 0. The number of carboxylic acids is 1. The lowest BCUT2D eigenvalue weighted by molar-refractivity contribution is -0.158. The SMILES string of the molecule is CC[C@H]1c2cc3[nH]c4c(c5nc(cc6[nH]c(cc(n2)C1C)c(=C(C)O)c6C)C(C)[C@@H]5CCC(=O)O)C(O)(C(=O)OC)C(O)=c4c3C. The molecule has 3 aromatic rings. The maximum Gasteiger partial charge on any atom is 0.350 e. The minimum Gasteiger partial charge on any atom is -0.512 e. The topological polar surface area (TPSA) is 182 Å². The van der Waals surface area contributed by atoms with Crippen molar-refractivity contribution in [3.63, 3.8) is 0 Å². The van der Waals surface area contributed by atoms with Gasteiger partial charge in [0.05, 0.1) is 29.6 Å². The summed E-state index contributed by atoms with van der Waals surface area (Å²) in [7, 11) is 1.13. The number of carbonyl (C=O) groups excluding carboxylic acids is 1. The summed E-state index contributed by atoms with van der Waals surface area (Å²) < 4.78 is 5.03. The lowest BCUT2D eigenvalue weighted by Crippen LogP contribution is -2.38. The molecule has 242 valence electrons. The molecule has 1 aliphatic carbocycles. The molecule has 0 radical (unpaired) electrons. The standard InChI is InChI=1S/C35H40N4O7/c1-8-19-14(2)21-13-26-28(18(6)40)16(4)23(37-26)11-22-15(3)20(9-10-27(41)42)31(38-22)30-32-29(33(43)35(30,45)34(44)46-7)17(5)24(39-32)12-25(19)36-21/h11-15,19-20,37,39-40,43,45H,8-10H2,1-7H3,(H,41,42)/t14?,15?,19-,20+,35?/m1/s1. The first-order chi connectivity index (χ1) is 21.7. The van der Waals surface area contributed by atoms with Crippen LogP contribution in [0.2, 0.25) is 0 Å². The van der Waals surface area contributed by atoms with E-state index in [1.807, 2.05) is 32.0 Å². The number of rotatable bonds is 5. The van der Waals surface area contributed by atoms with Crippen LogP contribution >= 0.6 is 0 Å². The van der Waals surface area contributed by atoms with Crippen LogP contribution in [0.4, 0.5) is 0 Å². The fourth-order valence-electron chi connectivity index (χ4n) is 7.68. The highest BCUT2D eigenvalue weighted by molar-refractivity contribution is 5.99. The molecule has 46 heavy (non-hydrogen) atoms. The molecular formula is C35H40N4O7.